The van der Waals surface area contributed by atoms with Crippen molar-refractivity contribution in [2.45, 2.75) is 27.3 Å². The molecule has 2 rings (SSSR count). The molecule has 1 amide bonds. The van der Waals surface area contributed by atoms with Crippen molar-refractivity contribution in [1.29, 1.82) is 0 Å². The average Bonchev–Trinajstić information content (AvgIpc) is 2.95. The fraction of sp³-hybridized carbons (Fsp3) is 0.562. The van der Waals surface area contributed by atoms with Gasteiger partial charge in [0.15, 0.2) is 11.5 Å². The smallest absolute Gasteiger partial charge is 0.230 e. The molecule has 126 valence electrons. The Morgan fingerprint density at radius 2 is 2.09 bits per heavy atom. The molecule has 0 spiro atoms. The summed E-state index contributed by atoms with van der Waals surface area (Å²) in [4.78, 5) is 14.3. The Hall–Kier alpha value is -1.60. The third kappa shape index (κ3) is 5.21. The lowest BCUT2D eigenvalue weighted by molar-refractivity contribution is -0.118. The number of nitrogens with zero attached hydrogens (tertiary/aromatic N) is 4. The number of hydrogen-bond acceptors (Lipinski definition) is 5. The van der Waals surface area contributed by atoms with Crippen molar-refractivity contribution >= 4 is 23.3 Å². The van der Waals surface area contributed by atoms with Gasteiger partial charge in [-0.05, 0) is 31.6 Å². The summed E-state index contributed by atoms with van der Waals surface area (Å²) in [6.07, 6.45) is 1.98. The summed E-state index contributed by atoms with van der Waals surface area (Å²) in [5, 5.41) is 11.2. The molecule has 0 saturated carbocycles. The van der Waals surface area contributed by atoms with Gasteiger partial charge in [-0.25, -0.2) is 0 Å². The number of pyridine rings is 1. The normalized spacial score (nSPS) is 11.3. The third-order valence-electron chi connectivity index (χ3n) is 3.74. The van der Waals surface area contributed by atoms with E-state index in [9.17, 15) is 4.79 Å². The minimum absolute atomic E-state index is 0.0407. The molecule has 0 aliphatic rings. The highest BCUT2D eigenvalue weighted by Gasteiger charge is 2.08. The SMILES string of the molecule is CCN(CC)CCSCC(=O)NCc1nnc2ccc(C)cn12. The van der Waals surface area contributed by atoms with E-state index in [0.29, 0.717) is 12.3 Å². The lowest BCUT2D eigenvalue weighted by Gasteiger charge is -2.17. The molecule has 7 heteroatoms. The molecule has 0 aliphatic heterocycles. The quantitative estimate of drug-likeness (QED) is 0.707. The van der Waals surface area contributed by atoms with E-state index in [-0.39, 0.29) is 5.91 Å². The van der Waals surface area contributed by atoms with Crippen molar-refractivity contribution in [3.8, 4) is 0 Å². The summed E-state index contributed by atoms with van der Waals surface area (Å²) < 4.78 is 1.92. The van der Waals surface area contributed by atoms with Crippen molar-refractivity contribution < 1.29 is 4.79 Å². The number of hydrogen-bond donors (Lipinski definition) is 1. The standard InChI is InChI=1S/C16H25N5OS/c1-4-20(5-2)8-9-23-12-16(22)17-10-15-19-18-14-7-6-13(3)11-21(14)15/h6-7,11H,4-5,8-10,12H2,1-3H3,(H,17,22). The number of aryl methyl sites for hydroxylation is 1. The lowest BCUT2D eigenvalue weighted by atomic mass is 10.3. The molecule has 0 saturated heterocycles. The first-order chi connectivity index (χ1) is 11.1. The van der Waals surface area contributed by atoms with Crippen molar-refractivity contribution in [1.82, 2.24) is 24.8 Å². The van der Waals surface area contributed by atoms with Crippen LogP contribution in [0.3, 0.4) is 0 Å². The van der Waals surface area contributed by atoms with Crippen LogP contribution in [0, 0.1) is 6.92 Å². The van der Waals surface area contributed by atoms with Crippen LogP contribution in [0.1, 0.15) is 25.2 Å². The van der Waals surface area contributed by atoms with Crippen molar-refractivity contribution in [2.75, 3.05) is 31.1 Å². The molecule has 0 bridgehead atoms. The highest BCUT2D eigenvalue weighted by Crippen LogP contribution is 2.06. The summed E-state index contributed by atoms with van der Waals surface area (Å²) in [7, 11) is 0. The monoisotopic (exact) mass is 335 g/mol. The van der Waals surface area contributed by atoms with Crippen molar-refractivity contribution in [3.05, 3.63) is 29.7 Å². The van der Waals surface area contributed by atoms with Gasteiger partial charge in [0, 0.05) is 18.5 Å². The molecule has 23 heavy (non-hydrogen) atoms. The van der Waals surface area contributed by atoms with Gasteiger partial charge in [0.1, 0.15) is 0 Å². The number of amides is 1. The predicted molar refractivity (Wildman–Crippen MR) is 94.7 cm³/mol. The average molecular weight is 335 g/mol. The highest BCUT2D eigenvalue weighted by molar-refractivity contribution is 7.99. The molecular weight excluding hydrogens is 310 g/mol. The molecule has 2 aromatic rings. The first-order valence-corrected chi connectivity index (χ1v) is 9.16. The number of nitrogens with one attached hydrogen (secondary N) is 1. The van der Waals surface area contributed by atoms with Crippen LogP contribution in [0.25, 0.3) is 5.65 Å². The molecule has 0 unspecified atom stereocenters. The zero-order chi connectivity index (χ0) is 16.7. The topological polar surface area (TPSA) is 62.5 Å². The lowest BCUT2D eigenvalue weighted by Crippen LogP contribution is -2.28. The van der Waals surface area contributed by atoms with E-state index in [1.54, 1.807) is 11.8 Å². The van der Waals surface area contributed by atoms with E-state index >= 15 is 0 Å². The number of carbonyl (C=O) groups excluding carboxylic acids is 1. The van der Waals surface area contributed by atoms with Crippen LogP contribution < -0.4 is 5.32 Å². The minimum atomic E-state index is 0.0407. The van der Waals surface area contributed by atoms with E-state index in [4.69, 9.17) is 0 Å². The Balaban J connectivity index is 1.74. The highest BCUT2D eigenvalue weighted by atomic mass is 32.2. The predicted octanol–water partition coefficient (Wildman–Crippen LogP) is 1.73. The van der Waals surface area contributed by atoms with E-state index in [1.807, 2.05) is 29.7 Å². The molecule has 6 nitrogen and oxygen atoms in total. The van der Waals surface area contributed by atoms with Gasteiger partial charge in [0.05, 0.1) is 12.3 Å². The van der Waals surface area contributed by atoms with Gasteiger partial charge in [-0.15, -0.1) is 10.2 Å². The minimum Gasteiger partial charge on any atom is -0.348 e. The van der Waals surface area contributed by atoms with Crippen molar-refractivity contribution in [3.63, 3.8) is 0 Å². The number of carbonyl (C=O) groups is 1. The van der Waals surface area contributed by atoms with Crippen LogP contribution in [0.4, 0.5) is 0 Å². The zero-order valence-corrected chi connectivity index (χ0v) is 14.9. The number of aromatic nitrogens is 3. The maximum absolute atomic E-state index is 11.9. The molecule has 0 radical (unpaired) electrons. The molecule has 1 N–H and O–H groups in total. The van der Waals surface area contributed by atoms with Gasteiger partial charge in [-0.1, -0.05) is 19.9 Å². The number of fused-ring (bicyclic) bond motifs is 1. The number of rotatable bonds is 9. The van der Waals surface area contributed by atoms with Crippen LogP contribution in [0.5, 0.6) is 0 Å². The zero-order valence-electron chi connectivity index (χ0n) is 14.1. The van der Waals surface area contributed by atoms with Gasteiger partial charge < -0.3 is 10.2 Å². The molecule has 0 aromatic carbocycles. The summed E-state index contributed by atoms with van der Waals surface area (Å²) in [6, 6.07) is 3.93. The van der Waals surface area contributed by atoms with Gasteiger partial charge in [-0.2, -0.15) is 11.8 Å². The largest absolute Gasteiger partial charge is 0.348 e. The third-order valence-corrected chi connectivity index (χ3v) is 4.68. The van der Waals surface area contributed by atoms with Crippen molar-refractivity contribution in [2.24, 2.45) is 0 Å². The molecule has 0 atom stereocenters. The Bertz CT molecular complexity index is 638. The Morgan fingerprint density at radius 1 is 1.30 bits per heavy atom. The van der Waals surface area contributed by atoms with E-state index in [0.717, 1.165) is 42.4 Å². The van der Waals surface area contributed by atoms with Crippen LogP contribution in [-0.4, -0.2) is 56.5 Å². The van der Waals surface area contributed by atoms with Crippen LogP contribution in [0.15, 0.2) is 18.3 Å². The van der Waals surface area contributed by atoms with Gasteiger partial charge >= 0.3 is 0 Å². The summed E-state index contributed by atoms with van der Waals surface area (Å²) in [5.74, 6) is 2.25. The fourth-order valence-corrected chi connectivity index (χ4v) is 3.11. The maximum Gasteiger partial charge on any atom is 0.230 e. The number of thioether (sulfide) groups is 1. The second-order valence-corrected chi connectivity index (χ2v) is 6.51. The first-order valence-electron chi connectivity index (χ1n) is 8.01. The van der Waals surface area contributed by atoms with Crippen LogP contribution >= 0.6 is 11.8 Å². The maximum atomic E-state index is 11.9. The molecule has 2 heterocycles. The first kappa shape index (κ1) is 17.7. The second kappa shape index (κ2) is 8.88. The second-order valence-electron chi connectivity index (χ2n) is 5.41. The van der Waals surface area contributed by atoms with Gasteiger partial charge in [0.25, 0.3) is 0 Å². The summed E-state index contributed by atoms with van der Waals surface area (Å²) in [5.41, 5.74) is 1.94. The van der Waals surface area contributed by atoms with Gasteiger partial charge in [0.2, 0.25) is 5.91 Å². The summed E-state index contributed by atoms with van der Waals surface area (Å²) in [6.45, 7) is 9.88. The van der Waals surface area contributed by atoms with Gasteiger partial charge in [-0.3, -0.25) is 9.20 Å². The molecular formula is C16H25N5OS. The van der Waals surface area contributed by atoms with E-state index in [1.165, 1.54) is 0 Å². The molecule has 0 fully saturated rings. The molecule has 0 aliphatic carbocycles. The molecule has 2 aromatic heterocycles. The summed E-state index contributed by atoms with van der Waals surface area (Å²) >= 11 is 1.67. The van der Waals surface area contributed by atoms with E-state index in [2.05, 4.69) is 34.3 Å². The van der Waals surface area contributed by atoms with Crippen LogP contribution in [-0.2, 0) is 11.3 Å². The Kier molecular flexibility index (Phi) is 6.85. The Morgan fingerprint density at radius 3 is 2.83 bits per heavy atom. The Labute approximate surface area is 141 Å². The van der Waals surface area contributed by atoms with Crippen LogP contribution in [0.2, 0.25) is 0 Å². The fourth-order valence-electron chi connectivity index (χ4n) is 2.29. The van der Waals surface area contributed by atoms with E-state index < -0.39 is 0 Å².